The number of nitrogens with one attached hydrogen (secondary N) is 1. The molecule has 1 aromatic heterocycles. The highest BCUT2D eigenvalue weighted by Gasteiger charge is 2.11. The van der Waals surface area contributed by atoms with Crippen LogP contribution in [0.2, 0.25) is 0 Å². The number of rotatable bonds is 6. The number of ether oxygens (including phenoxy) is 1. The molecular formula is C19H18N2O2S2. The lowest BCUT2D eigenvalue weighted by atomic mass is 10.1. The van der Waals surface area contributed by atoms with E-state index in [-0.39, 0.29) is 12.3 Å². The number of thioether (sulfide) groups is 1. The molecule has 128 valence electrons. The van der Waals surface area contributed by atoms with Crippen molar-refractivity contribution >= 4 is 34.1 Å². The fourth-order valence-corrected chi connectivity index (χ4v) is 3.56. The van der Waals surface area contributed by atoms with Crippen LogP contribution in [0.3, 0.4) is 0 Å². The largest absolute Gasteiger partial charge is 0.496 e. The van der Waals surface area contributed by atoms with E-state index in [2.05, 4.69) is 22.4 Å². The number of hydrogen-bond acceptors (Lipinski definition) is 5. The van der Waals surface area contributed by atoms with Crippen molar-refractivity contribution in [2.24, 2.45) is 0 Å². The molecule has 0 unspecified atom stereocenters. The van der Waals surface area contributed by atoms with Gasteiger partial charge in [-0.2, -0.15) is 0 Å². The first-order valence-electron chi connectivity index (χ1n) is 7.71. The van der Waals surface area contributed by atoms with Gasteiger partial charge in [-0.05, 0) is 24.5 Å². The second-order valence-corrected chi connectivity index (χ2v) is 7.04. The van der Waals surface area contributed by atoms with E-state index >= 15 is 0 Å². The quantitative estimate of drug-likeness (QED) is 0.638. The summed E-state index contributed by atoms with van der Waals surface area (Å²) in [6.07, 6.45) is 2.30. The molecule has 25 heavy (non-hydrogen) atoms. The smallest absolute Gasteiger partial charge is 0.230 e. The molecule has 3 aromatic rings. The van der Waals surface area contributed by atoms with Crippen molar-refractivity contribution in [3.8, 4) is 17.0 Å². The summed E-state index contributed by atoms with van der Waals surface area (Å²) >= 11 is 3.13. The number of benzene rings is 2. The fourth-order valence-electron chi connectivity index (χ4n) is 2.41. The van der Waals surface area contributed by atoms with Gasteiger partial charge in [-0.1, -0.05) is 30.3 Å². The van der Waals surface area contributed by atoms with Crippen molar-refractivity contribution in [2.75, 3.05) is 18.7 Å². The molecule has 0 aliphatic carbocycles. The van der Waals surface area contributed by atoms with E-state index in [0.29, 0.717) is 10.9 Å². The Morgan fingerprint density at radius 2 is 1.96 bits per heavy atom. The lowest BCUT2D eigenvalue weighted by Crippen LogP contribution is -2.14. The number of amides is 1. The van der Waals surface area contributed by atoms with E-state index in [4.69, 9.17) is 4.74 Å². The average Bonchev–Trinajstić information content (AvgIpc) is 3.10. The van der Waals surface area contributed by atoms with Crippen LogP contribution in [0.1, 0.15) is 5.56 Å². The third-order valence-electron chi connectivity index (χ3n) is 3.68. The number of aromatic nitrogens is 1. The molecule has 0 radical (unpaired) electrons. The van der Waals surface area contributed by atoms with Crippen LogP contribution < -0.4 is 10.1 Å². The fraction of sp³-hybridized carbons (Fsp3) is 0.158. The maximum atomic E-state index is 12.3. The molecular weight excluding hydrogens is 352 g/mol. The molecule has 1 heterocycles. The van der Waals surface area contributed by atoms with Gasteiger partial charge in [0, 0.05) is 21.4 Å². The molecule has 0 aliphatic rings. The van der Waals surface area contributed by atoms with E-state index in [1.54, 1.807) is 18.9 Å². The molecule has 3 rings (SSSR count). The van der Waals surface area contributed by atoms with Crippen LogP contribution in [0, 0.1) is 0 Å². The summed E-state index contributed by atoms with van der Waals surface area (Å²) in [5, 5.41) is 5.42. The Labute approximate surface area is 155 Å². The van der Waals surface area contributed by atoms with Crippen LogP contribution >= 0.6 is 23.1 Å². The van der Waals surface area contributed by atoms with Crippen LogP contribution in [0.5, 0.6) is 5.75 Å². The Balaban J connectivity index is 1.67. The van der Waals surface area contributed by atoms with Gasteiger partial charge in [0.15, 0.2) is 5.13 Å². The Hall–Kier alpha value is -2.31. The summed E-state index contributed by atoms with van der Waals surface area (Å²) < 4.78 is 5.28. The standard InChI is InChI=1S/C19H18N2O2S2/c1-23-17-6-4-3-5-14(17)11-18(22)21-19-20-16(12-25-19)13-7-9-15(24-2)10-8-13/h3-10,12H,11H2,1-2H3,(H,20,21,22). The number of para-hydroxylation sites is 1. The monoisotopic (exact) mass is 370 g/mol. The first-order chi connectivity index (χ1) is 12.2. The topological polar surface area (TPSA) is 51.2 Å². The van der Waals surface area contributed by atoms with Gasteiger partial charge in [0.05, 0.1) is 19.2 Å². The third-order valence-corrected chi connectivity index (χ3v) is 5.18. The summed E-state index contributed by atoms with van der Waals surface area (Å²) in [7, 11) is 1.60. The Kier molecular flexibility index (Phi) is 5.73. The van der Waals surface area contributed by atoms with Gasteiger partial charge in [-0.3, -0.25) is 4.79 Å². The summed E-state index contributed by atoms with van der Waals surface area (Å²) in [5.41, 5.74) is 2.76. The number of carbonyl (C=O) groups is 1. The number of nitrogens with zero attached hydrogens (tertiary/aromatic N) is 1. The molecule has 0 spiro atoms. The highest BCUT2D eigenvalue weighted by atomic mass is 32.2. The summed E-state index contributed by atoms with van der Waals surface area (Å²) in [6.45, 7) is 0. The summed E-state index contributed by atoms with van der Waals surface area (Å²) in [6, 6.07) is 15.7. The predicted octanol–water partition coefficient (Wildman–Crippen LogP) is 4.72. The van der Waals surface area contributed by atoms with E-state index in [1.165, 1.54) is 16.2 Å². The van der Waals surface area contributed by atoms with E-state index in [0.717, 1.165) is 16.8 Å². The Morgan fingerprint density at radius 3 is 2.68 bits per heavy atom. The van der Waals surface area contributed by atoms with E-state index in [9.17, 15) is 4.79 Å². The maximum absolute atomic E-state index is 12.3. The second kappa shape index (κ2) is 8.18. The van der Waals surface area contributed by atoms with Crippen LogP contribution in [0.25, 0.3) is 11.3 Å². The molecule has 1 amide bonds. The van der Waals surface area contributed by atoms with Gasteiger partial charge in [-0.25, -0.2) is 4.98 Å². The second-order valence-electron chi connectivity index (χ2n) is 5.30. The minimum Gasteiger partial charge on any atom is -0.496 e. The lowest BCUT2D eigenvalue weighted by molar-refractivity contribution is -0.115. The van der Waals surface area contributed by atoms with Gasteiger partial charge in [0.25, 0.3) is 0 Å². The van der Waals surface area contributed by atoms with Crippen LogP contribution in [0.4, 0.5) is 5.13 Å². The Bertz CT molecular complexity index is 860. The molecule has 0 atom stereocenters. The van der Waals surface area contributed by atoms with E-state index < -0.39 is 0 Å². The summed E-state index contributed by atoms with van der Waals surface area (Å²) in [4.78, 5) is 18.0. The zero-order chi connectivity index (χ0) is 17.6. The Morgan fingerprint density at radius 1 is 1.20 bits per heavy atom. The number of hydrogen-bond donors (Lipinski definition) is 1. The number of anilines is 1. The van der Waals surface area contributed by atoms with Gasteiger partial charge in [0.1, 0.15) is 5.75 Å². The van der Waals surface area contributed by atoms with Crippen molar-refractivity contribution in [2.45, 2.75) is 11.3 Å². The number of carbonyl (C=O) groups excluding carboxylic acids is 1. The first kappa shape index (κ1) is 17.5. The minimum atomic E-state index is -0.108. The molecule has 0 bridgehead atoms. The van der Waals surface area contributed by atoms with Gasteiger partial charge in [-0.15, -0.1) is 23.1 Å². The van der Waals surface area contributed by atoms with Crippen LogP contribution in [-0.2, 0) is 11.2 Å². The SMILES string of the molecule is COc1ccccc1CC(=O)Nc1nc(-c2ccc(SC)cc2)cs1. The van der Waals surface area contributed by atoms with Gasteiger partial charge in [0.2, 0.25) is 5.91 Å². The minimum absolute atomic E-state index is 0.108. The lowest BCUT2D eigenvalue weighted by Gasteiger charge is -2.07. The van der Waals surface area contributed by atoms with Crippen molar-refractivity contribution in [1.29, 1.82) is 0 Å². The molecule has 0 fully saturated rings. The van der Waals surface area contributed by atoms with Crippen molar-refractivity contribution in [3.05, 3.63) is 59.5 Å². The molecule has 2 aromatic carbocycles. The molecule has 1 N–H and O–H groups in total. The average molecular weight is 370 g/mol. The number of thiazole rings is 1. The van der Waals surface area contributed by atoms with Crippen LogP contribution in [-0.4, -0.2) is 24.3 Å². The van der Waals surface area contributed by atoms with Gasteiger partial charge < -0.3 is 10.1 Å². The highest BCUT2D eigenvalue weighted by molar-refractivity contribution is 7.98. The van der Waals surface area contributed by atoms with Crippen molar-refractivity contribution < 1.29 is 9.53 Å². The third kappa shape index (κ3) is 4.41. The maximum Gasteiger partial charge on any atom is 0.230 e. The molecule has 6 heteroatoms. The van der Waals surface area contributed by atoms with Crippen molar-refractivity contribution in [3.63, 3.8) is 0 Å². The molecule has 0 saturated carbocycles. The highest BCUT2D eigenvalue weighted by Crippen LogP contribution is 2.27. The predicted molar refractivity (Wildman–Crippen MR) is 105 cm³/mol. The van der Waals surface area contributed by atoms with E-state index in [1.807, 2.05) is 48.0 Å². The normalized spacial score (nSPS) is 10.5. The molecule has 0 aliphatic heterocycles. The summed E-state index contributed by atoms with van der Waals surface area (Å²) in [5.74, 6) is 0.606. The zero-order valence-electron chi connectivity index (χ0n) is 14.0. The first-order valence-corrected chi connectivity index (χ1v) is 9.81. The number of methoxy groups -OCH3 is 1. The molecule has 4 nitrogen and oxygen atoms in total. The molecule has 0 saturated heterocycles. The van der Waals surface area contributed by atoms with Crippen LogP contribution in [0.15, 0.2) is 58.8 Å². The van der Waals surface area contributed by atoms with Gasteiger partial charge >= 0.3 is 0 Å². The van der Waals surface area contributed by atoms with Crippen molar-refractivity contribution in [1.82, 2.24) is 4.98 Å². The zero-order valence-corrected chi connectivity index (χ0v) is 15.6.